The minimum absolute atomic E-state index is 0.353. The van der Waals surface area contributed by atoms with Crippen LogP contribution in [0.25, 0.3) is 0 Å². The zero-order valence-electron chi connectivity index (χ0n) is 10.1. The minimum atomic E-state index is 0.353. The lowest BCUT2D eigenvalue weighted by molar-refractivity contribution is -0.119. The summed E-state index contributed by atoms with van der Waals surface area (Å²) in [5.74, 6) is 0.900. The zero-order chi connectivity index (χ0) is 11.0. The van der Waals surface area contributed by atoms with Crippen LogP contribution in [0.5, 0.6) is 0 Å². The second-order valence-corrected chi connectivity index (χ2v) is 4.33. The molecule has 0 fully saturated rings. The van der Waals surface area contributed by atoms with Gasteiger partial charge < -0.3 is 5.32 Å². The number of rotatable bonds is 8. The molecule has 2 heteroatoms. The second kappa shape index (κ2) is 7.98. The summed E-state index contributed by atoms with van der Waals surface area (Å²) in [6, 6.07) is 0.459. The van der Waals surface area contributed by atoms with Gasteiger partial charge in [0, 0.05) is 12.5 Å². The summed E-state index contributed by atoms with van der Waals surface area (Å²) in [4.78, 5) is 11.5. The summed E-state index contributed by atoms with van der Waals surface area (Å²) in [6.07, 6.45) is 4.15. The van der Waals surface area contributed by atoms with E-state index < -0.39 is 0 Å². The minimum Gasteiger partial charge on any atom is -0.308 e. The van der Waals surface area contributed by atoms with E-state index in [1.807, 2.05) is 0 Å². The van der Waals surface area contributed by atoms with E-state index in [1.165, 1.54) is 6.42 Å². The first kappa shape index (κ1) is 13.6. The van der Waals surface area contributed by atoms with Crippen LogP contribution in [0.15, 0.2) is 0 Å². The summed E-state index contributed by atoms with van der Waals surface area (Å²) in [7, 11) is 0. The number of nitrogens with one attached hydrogen (secondary N) is 1. The molecule has 1 N–H and O–H groups in total. The SMILES string of the molecule is CCCC(C)CC(=O)CNC(C)CC. The zero-order valence-corrected chi connectivity index (χ0v) is 10.1. The fourth-order valence-corrected chi connectivity index (χ4v) is 1.49. The van der Waals surface area contributed by atoms with Crippen LogP contribution in [-0.4, -0.2) is 18.4 Å². The molecule has 0 aromatic rings. The molecule has 2 unspecified atom stereocenters. The third-order valence-electron chi connectivity index (χ3n) is 2.62. The highest BCUT2D eigenvalue weighted by Crippen LogP contribution is 2.09. The van der Waals surface area contributed by atoms with Crippen molar-refractivity contribution in [2.45, 2.75) is 59.4 Å². The van der Waals surface area contributed by atoms with Crippen molar-refractivity contribution in [2.75, 3.05) is 6.54 Å². The Kier molecular flexibility index (Phi) is 7.77. The Morgan fingerprint density at radius 2 is 1.93 bits per heavy atom. The predicted octanol–water partition coefficient (Wildman–Crippen LogP) is 2.77. The molecule has 2 atom stereocenters. The quantitative estimate of drug-likeness (QED) is 0.651. The Labute approximate surface area is 88.5 Å². The maximum absolute atomic E-state index is 11.5. The van der Waals surface area contributed by atoms with Crippen LogP contribution in [-0.2, 0) is 4.79 Å². The topological polar surface area (TPSA) is 29.1 Å². The largest absolute Gasteiger partial charge is 0.308 e. The molecule has 14 heavy (non-hydrogen) atoms. The van der Waals surface area contributed by atoms with Gasteiger partial charge in [-0.25, -0.2) is 0 Å². The van der Waals surface area contributed by atoms with Crippen molar-refractivity contribution >= 4 is 5.78 Å². The van der Waals surface area contributed by atoms with Crippen molar-refractivity contribution in [3.63, 3.8) is 0 Å². The van der Waals surface area contributed by atoms with Crippen molar-refractivity contribution < 1.29 is 4.79 Å². The lowest BCUT2D eigenvalue weighted by Crippen LogP contribution is -2.31. The fourth-order valence-electron chi connectivity index (χ4n) is 1.49. The first-order valence-electron chi connectivity index (χ1n) is 5.85. The van der Waals surface area contributed by atoms with E-state index in [1.54, 1.807) is 0 Å². The standard InChI is InChI=1S/C12H25NO/c1-5-7-10(3)8-12(14)9-13-11(4)6-2/h10-11,13H,5-9H2,1-4H3. The van der Waals surface area contributed by atoms with Crippen LogP contribution in [0.3, 0.4) is 0 Å². The number of carbonyl (C=O) groups excluding carboxylic acids is 1. The van der Waals surface area contributed by atoms with Gasteiger partial charge in [0.25, 0.3) is 0 Å². The second-order valence-electron chi connectivity index (χ2n) is 4.33. The van der Waals surface area contributed by atoms with Crippen molar-refractivity contribution in [1.29, 1.82) is 0 Å². The number of carbonyl (C=O) groups is 1. The van der Waals surface area contributed by atoms with Gasteiger partial charge in [-0.1, -0.05) is 33.6 Å². The fraction of sp³-hybridized carbons (Fsp3) is 0.917. The van der Waals surface area contributed by atoms with E-state index in [-0.39, 0.29) is 0 Å². The average molecular weight is 199 g/mol. The van der Waals surface area contributed by atoms with Gasteiger partial charge in [-0.3, -0.25) is 4.79 Å². The number of ketones is 1. The number of Topliss-reactive ketones (excluding diaryl/α,β-unsaturated/α-hetero) is 1. The molecule has 0 aliphatic rings. The van der Waals surface area contributed by atoms with Crippen molar-refractivity contribution in [2.24, 2.45) is 5.92 Å². The molecule has 0 rings (SSSR count). The van der Waals surface area contributed by atoms with Gasteiger partial charge in [0.2, 0.25) is 0 Å². The number of hydrogen-bond donors (Lipinski definition) is 1. The van der Waals surface area contributed by atoms with E-state index in [0.29, 0.717) is 24.3 Å². The van der Waals surface area contributed by atoms with E-state index in [9.17, 15) is 4.79 Å². The molecule has 2 nitrogen and oxygen atoms in total. The van der Waals surface area contributed by atoms with Crippen LogP contribution in [0.2, 0.25) is 0 Å². The highest BCUT2D eigenvalue weighted by molar-refractivity contribution is 5.80. The molecule has 0 amide bonds. The van der Waals surface area contributed by atoms with Crippen molar-refractivity contribution in [1.82, 2.24) is 5.32 Å². The first-order valence-corrected chi connectivity index (χ1v) is 5.85. The number of hydrogen-bond acceptors (Lipinski definition) is 2. The molecule has 0 heterocycles. The lowest BCUT2D eigenvalue weighted by Gasteiger charge is -2.12. The lowest BCUT2D eigenvalue weighted by atomic mass is 9.99. The molecule has 0 aliphatic carbocycles. The Hall–Kier alpha value is -0.370. The normalized spacial score (nSPS) is 15.1. The van der Waals surface area contributed by atoms with E-state index in [4.69, 9.17) is 0 Å². The third-order valence-corrected chi connectivity index (χ3v) is 2.62. The Bertz CT molecular complexity index is 156. The molecule has 0 saturated heterocycles. The third kappa shape index (κ3) is 7.07. The van der Waals surface area contributed by atoms with E-state index in [0.717, 1.165) is 19.3 Å². The molecule has 0 aliphatic heterocycles. The highest BCUT2D eigenvalue weighted by atomic mass is 16.1. The Balaban J connectivity index is 3.54. The molecule has 0 aromatic carbocycles. The van der Waals surface area contributed by atoms with Crippen LogP contribution >= 0.6 is 0 Å². The monoisotopic (exact) mass is 199 g/mol. The Morgan fingerprint density at radius 3 is 2.43 bits per heavy atom. The van der Waals surface area contributed by atoms with Gasteiger partial charge in [-0.15, -0.1) is 0 Å². The molecular weight excluding hydrogens is 174 g/mol. The first-order chi connectivity index (χ1) is 6.60. The van der Waals surface area contributed by atoms with E-state index in [2.05, 4.69) is 33.0 Å². The van der Waals surface area contributed by atoms with Crippen LogP contribution in [0, 0.1) is 5.92 Å². The van der Waals surface area contributed by atoms with Crippen LogP contribution in [0.4, 0.5) is 0 Å². The van der Waals surface area contributed by atoms with Gasteiger partial charge in [-0.2, -0.15) is 0 Å². The maximum atomic E-state index is 11.5. The summed E-state index contributed by atoms with van der Waals surface area (Å²) in [6.45, 7) is 9.11. The molecule has 0 aromatic heterocycles. The molecule has 0 radical (unpaired) electrons. The molecule has 0 spiro atoms. The van der Waals surface area contributed by atoms with Crippen molar-refractivity contribution in [3.8, 4) is 0 Å². The molecular formula is C12H25NO. The highest BCUT2D eigenvalue weighted by Gasteiger charge is 2.08. The van der Waals surface area contributed by atoms with Crippen molar-refractivity contribution in [3.05, 3.63) is 0 Å². The van der Waals surface area contributed by atoms with Crippen LogP contribution in [0.1, 0.15) is 53.4 Å². The van der Waals surface area contributed by atoms with Gasteiger partial charge >= 0.3 is 0 Å². The smallest absolute Gasteiger partial charge is 0.146 e. The van der Waals surface area contributed by atoms with Crippen LogP contribution < -0.4 is 5.32 Å². The van der Waals surface area contributed by atoms with E-state index >= 15 is 0 Å². The van der Waals surface area contributed by atoms with Gasteiger partial charge in [-0.05, 0) is 19.3 Å². The molecule has 0 bridgehead atoms. The summed E-state index contributed by atoms with van der Waals surface area (Å²) in [5.41, 5.74) is 0. The van der Waals surface area contributed by atoms with Gasteiger partial charge in [0.1, 0.15) is 5.78 Å². The van der Waals surface area contributed by atoms with Gasteiger partial charge in [0.15, 0.2) is 0 Å². The van der Waals surface area contributed by atoms with Gasteiger partial charge in [0.05, 0.1) is 6.54 Å². The average Bonchev–Trinajstić information content (AvgIpc) is 2.14. The maximum Gasteiger partial charge on any atom is 0.146 e. The molecule has 0 saturated carbocycles. The Morgan fingerprint density at radius 1 is 1.29 bits per heavy atom. The summed E-state index contributed by atoms with van der Waals surface area (Å²) >= 11 is 0. The molecule has 84 valence electrons. The summed E-state index contributed by atoms with van der Waals surface area (Å²) in [5, 5.41) is 3.23. The summed E-state index contributed by atoms with van der Waals surface area (Å²) < 4.78 is 0. The predicted molar refractivity (Wildman–Crippen MR) is 61.5 cm³/mol.